The lowest BCUT2D eigenvalue weighted by Gasteiger charge is -2.04. The summed E-state index contributed by atoms with van der Waals surface area (Å²) in [5.41, 5.74) is 1.12. The van der Waals surface area contributed by atoms with Crippen molar-refractivity contribution in [1.82, 2.24) is 10.6 Å². The molecule has 0 spiro atoms. The van der Waals surface area contributed by atoms with Gasteiger partial charge >= 0.3 is 0 Å². The first kappa shape index (κ1) is 11.4. The molecular formula is C11H13N2O2. The molecule has 1 rings (SSSR count). The van der Waals surface area contributed by atoms with Gasteiger partial charge in [0.15, 0.2) is 0 Å². The Morgan fingerprint density at radius 1 is 1.27 bits per heavy atom. The Morgan fingerprint density at radius 2 is 2.00 bits per heavy atom. The lowest BCUT2D eigenvalue weighted by atomic mass is 10.2. The molecule has 4 nitrogen and oxygen atoms in total. The smallest absolute Gasteiger partial charge is 0.234 e. The third-order valence-corrected chi connectivity index (χ3v) is 1.82. The first-order valence-corrected chi connectivity index (χ1v) is 4.69. The second-order valence-corrected chi connectivity index (χ2v) is 3.01. The van der Waals surface area contributed by atoms with Gasteiger partial charge in [0.1, 0.15) is 0 Å². The first-order chi connectivity index (χ1) is 7.33. The molecular weight excluding hydrogens is 192 g/mol. The lowest BCUT2D eigenvalue weighted by Crippen LogP contribution is -2.34. The van der Waals surface area contributed by atoms with Crippen LogP contribution in [0.4, 0.5) is 0 Å². The monoisotopic (exact) mass is 205 g/mol. The standard InChI is InChI=1S/C11H13N2O2/c14-7-6-13-11(15)9-12-8-10-4-2-1-3-5-10/h1-5,12H,6,8-9H2,(H,13,15). The average Bonchev–Trinajstić information content (AvgIpc) is 2.28. The fraction of sp³-hybridized carbons (Fsp3) is 0.273. The van der Waals surface area contributed by atoms with Gasteiger partial charge < -0.3 is 10.6 Å². The highest BCUT2D eigenvalue weighted by Gasteiger charge is 1.98. The molecule has 0 bridgehead atoms. The average molecular weight is 205 g/mol. The molecule has 1 aromatic carbocycles. The Labute approximate surface area is 88.7 Å². The Bertz CT molecular complexity index is 312. The van der Waals surface area contributed by atoms with Crippen molar-refractivity contribution >= 4 is 12.2 Å². The fourth-order valence-electron chi connectivity index (χ4n) is 1.11. The highest BCUT2D eigenvalue weighted by molar-refractivity contribution is 5.80. The minimum Gasteiger partial charge on any atom is -0.347 e. The molecule has 15 heavy (non-hydrogen) atoms. The third-order valence-electron chi connectivity index (χ3n) is 1.82. The van der Waals surface area contributed by atoms with Gasteiger partial charge in [0, 0.05) is 6.54 Å². The molecule has 0 saturated heterocycles. The van der Waals surface area contributed by atoms with Gasteiger partial charge in [-0.2, -0.15) is 0 Å². The molecule has 1 aromatic rings. The maximum Gasteiger partial charge on any atom is 0.234 e. The number of carbonyl (C=O) groups excluding carboxylic acids is 2. The maximum atomic E-state index is 11.0. The van der Waals surface area contributed by atoms with Crippen LogP contribution in [0.25, 0.3) is 0 Å². The van der Waals surface area contributed by atoms with Gasteiger partial charge in [0.05, 0.1) is 13.1 Å². The van der Waals surface area contributed by atoms with Gasteiger partial charge in [0.2, 0.25) is 12.2 Å². The number of nitrogens with one attached hydrogen (secondary N) is 2. The summed E-state index contributed by atoms with van der Waals surface area (Å²) in [6.45, 7) is 0.793. The van der Waals surface area contributed by atoms with Crippen LogP contribution >= 0.6 is 0 Å². The van der Waals surface area contributed by atoms with Gasteiger partial charge in [-0.25, -0.2) is 0 Å². The quantitative estimate of drug-likeness (QED) is 0.687. The highest BCUT2D eigenvalue weighted by atomic mass is 16.2. The minimum absolute atomic E-state index is 0.0498. The van der Waals surface area contributed by atoms with Crippen molar-refractivity contribution in [2.24, 2.45) is 0 Å². The van der Waals surface area contributed by atoms with Gasteiger partial charge in [-0.3, -0.25) is 9.59 Å². The van der Waals surface area contributed by atoms with Gasteiger partial charge in [-0.1, -0.05) is 30.3 Å². The zero-order valence-electron chi connectivity index (χ0n) is 8.32. The first-order valence-electron chi connectivity index (χ1n) is 4.69. The van der Waals surface area contributed by atoms with Crippen molar-refractivity contribution < 1.29 is 9.59 Å². The van der Waals surface area contributed by atoms with Crippen molar-refractivity contribution in [3.63, 3.8) is 0 Å². The van der Waals surface area contributed by atoms with E-state index < -0.39 is 0 Å². The van der Waals surface area contributed by atoms with Crippen molar-refractivity contribution in [1.29, 1.82) is 0 Å². The van der Waals surface area contributed by atoms with Crippen LogP contribution in [0.2, 0.25) is 0 Å². The summed E-state index contributed by atoms with van der Waals surface area (Å²) in [6.07, 6.45) is 1.60. The molecule has 0 heterocycles. The van der Waals surface area contributed by atoms with Crippen LogP contribution in [0.5, 0.6) is 0 Å². The van der Waals surface area contributed by atoms with E-state index in [1.165, 1.54) is 0 Å². The van der Waals surface area contributed by atoms with Crippen LogP contribution in [-0.2, 0) is 16.1 Å². The van der Waals surface area contributed by atoms with E-state index in [2.05, 4.69) is 10.6 Å². The predicted molar refractivity (Wildman–Crippen MR) is 56.9 cm³/mol. The van der Waals surface area contributed by atoms with E-state index in [0.717, 1.165) is 5.56 Å². The Balaban J connectivity index is 2.16. The third kappa shape index (κ3) is 4.93. The van der Waals surface area contributed by atoms with E-state index in [-0.39, 0.29) is 19.0 Å². The molecule has 0 fully saturated rings. The molecule has 79 valence electrons. The van der Waals surface area contributed by atoms with Crippen molar-refractivity contribution in [2.45, 2.75) is 6.54 Å². The molecule has 0 unspecified atom stereocenters. The molecule has 0 aliphatic heterocycles. The predicted octanol–water partition coefficient (Wildman–Crippen LogP) is 0.00210. The number of carbonyl (C=O) groups is 1. The molecule has 0 saturated carbocycles. The van der Waals surface area contributed by atoms with Crippen LogP contribution in [0.15, 0.2) is 30.3 Å². The highest BCUT2D eigenvalue weighted by Crippen LogP contribution is 1.96. The number of amides is 1. The van der Waals surface area contributed by atoms with Crippen molar-refractivity contribution in [2.75, 3.05) is 13.1 Å². The fourth-order valence-corrected chi connectivity index (χ4v) is 1.11. The number of rotatable bonds is 6. The lowest BCUT2D eigenvalue weighted by molar-refractivity contribution is -0.120. The topological polar surface area (TPSA) is 58.2 Å². The number of hydrogen-bond acceptors (Lipinski definition) is 3. The summed E-state index contributed by atoms with van der Waals surface area (Å²) in [5.74, 6) is -0.200. The number of hydrogen-bond donors (Lipinski definition) is 2. The van der Waals surface area contributed by atoms with E-state index in [4.69, 9.17) is 0 Å². The normalized spacial score (nSPS) is 9.60. The molecule has 0 aromatic heterocycles. The zero-order chi connectivity index (χ0) is 10.9. The van der Waals surface area contributed by atoms with Crippen LogP contribution in [0.3, 0.4) is 0 Å². The summed E-state index contributed by atoms with van der Waals surface area (Å²) in [5, 5.41) is 5.36. The van der Waals surface area contributed by atoms with E-state index >= 15 is 0 Å². The summed E-state index contributed by atoms with van der Waals surface area (Å²) >= 11 is 0. The van der Waals surface area contributed by atoms with E-state index in [1.807, 2.05) is 30.3 Å². The zero-order valence-corrected chi connectivity index (χ0v) is 8.32. The molecule has 0 aliphatic rings. The second-order valence-electron chi connectivity index (χ2n) is 3.01. The SMILES string of the molecule is O=[C]CNC(=O)CNCc1ccccc1. The Morgan fingerprint density at radius 3 is 2.67 bits per heavy atom. The molecule has 0 atom stereocenters. The van der Waals surface area contributed by atoms with Crippen LogP contribution in [0.1, 0.15) is 5.56 Å². The summed E-state index contributed by atoms with van der Waals surface area (Å²) in [7, 11) is 0. The van der Waals surface area contributed by atoms with Gasteiger partial charge in [-0.15, -0.1) is 0 Å². The molecule has 1 radical (unpaired) electrons. The van der Waals surface area contributed by atoms with Gasteiger partial charge in [-0.05, 0) is 5.56 Å². The van der Waals surface area contributed by atoms with E-state index in [0.29, 0.717) is 6.54 Å². The van der Waals surface area contributed by atoms with E-state index in [9.17, 15) is 9.59 Å². The van der Waals surface area contributed by atoms with Crippen LogP contribution < -0.4 is 10.6 Å². The largest absolute Gasteiger partial charge is 0.347 e. The van der Waals surface area contributed by atoms with Crippen LogP contribution in [0, 0.1) is 0 Å². The molecule has 0 aliphatic carbocycles. The summed E-state index contributed by atoms with van der Waals surface area (Å²) in [6, 6.07) is 9.78. The maximum absolute atomic E-state index is 11.0. The molecule has 2 N–H and O–H groups in total. The van der Waals surface area contributed by atoms with E-state index in [1.54, 1.807) is 6.29 Å². The number of benzene rings is 1. The summed E-state index contributed by atoms with van der Waals surface area (Å²) < 4.78 is 0. The van der Waals surface area contributed by atoms with Crippen molar-refractivity contribution in [3.8, 4) is 0 Å². The molecule has 4 heteroatoms. The Hall–Kier alpha value is -1.68. The molecule has 1 amide bonds. The van der Waals surface area contributed by atoms with Crippen LogP contribution in [-0.4, -0.2) is 25.3 Å². The Kier molecular flexibility index (Phi) is 5.11. The van der Waals surface area contributed by atoms with Gasteiger partial charge in [0.25, 0.3) is 0 Å². The second kappa shape index (κ2) is 6.73. The minimum atomic E-state index is -0.200. The van der Waals surface area contributed by atoms with Crippen molar-refractivity contribution in [3.05, 3.63) is 35.9 Å². The summed E-state index contributed by atoms with van der Waals surface area (Å²) in [4.78, 5) is 20.9.